The number of rotatable bonds is 10. The van der Waals surface area contributed by atoms with Crippen molar-refractivity contribution >= 4 is 16.9 Å². The smallest absolute Gasteiger partial charge is 0.305 e. The minimum atomic E-state index is -0.805. The molecule has 0 amide bonds. The van der Waals surface area contributed by atoms with Crippen molar-refractivity contribution in [1.82, 2.24) is 9.47 Å². The lowest BCUT2D eigenvalue weighted by atomic mass is 9.94. The first-order valence-corrected chi connectivity index (χ1v) is 13.3. The number of carboxylic acids is 1. The number of benzene rings is 4. The lowest BCUT2D eigenvalue weighted by molar-refractivity contribution is -0.138. The van der Waals surface area contributed by atoms with Gasteiger partial charge in [0.05, 0.1) is 6.42 Å². The molecule has 0 saturated carbocycles. The number of aryl methyl sites for hydroxylation is 1. The second-order valence-corrected chi connectivity index (χ2v) is 9.86. The summed E-state index contributed by atoms with van der Waals surface area (Å²) in [6.07, 6.45) is 2.14. The molecule has 4 aromatic carbocycles. The Morgan fingerprint density at radius 2 is 1.50 bits per heavy atom. The average Bonchev–Trinajstić information content (AvgIpc) is 3.38. The highest BCUT2D eigenvalue weighted by Crippen LogP contribution is 2.36. The van der Waals surface area contributed by atoms with Gasteiger partial charge in [0, 0.05) is 36.9 Å². The van der Waals surface area contributed by atoms with Gasteiger partial charge in [-0.05, 0) is 65.3 Å². The van der Waals surface area contributed by atoms with Gasteiger partial charge in [-0.2, -0.15) is 0 Å². The van der Waals surface area contributed by atoms with Crippen LogP contribution in [0.5, 0.6) is 0 Å². The van der Waals surface area contributed by atoms with E-state index in [1.165, 1.54) is 16.5 Å². The van der Waals surface area contributed by atoms with Gasteiger partial charge >= 0.3 is 5.97 Å². The Hall–Kier alpha value is -4.15. The zero-order chi connectivity index (χ0) is 26.5. The number of carboxylic acid groups (broad SMARTS) is 1. The number of nitrogens with zero attached hydrogens (tertiary/aromatic N) is 2. The molecular formula is C34H34N2O2. The highest BCUT2D eigenvalue weighted by molar-refractivity contribution is 5.85. The number of aromatic nitrogens is 1. The number of aliphatic carboxylic acids is 1. The normalized spacial score (nSPS) is 13.0. The van der Waals surface area contributed by atoms with Gasteiger partial charge in [-0.15, -0.1) is 0 Å². The van der Waals surface area contributed by atoms with Gasteiger partial charge < -0.3 is 9.67 Å². The van der Waals surface area contributed by atoms with Crippen LogP contribution in [0.4, 0.5) is 0 Å². The van der Waals surface area contributed by atoms with E-state index in [9.17, 15) is 9.90 Å². The molecule has 1 aromatic heterocycles. The fraction of sp³-hybridized carbons (Fsp3) is 0.206. The van der Waals surface area contributed by atoms with Crippen LogP contribution in [0.1, 0.15) is 49.0 Å². The van der Waals surface area contributed by atoms with E-state index in [1.54, 1.807) is 0 Å². The topological polar surface area (TPSA) is 45.5 Å². The Kier molecular flexibility index (Phi) is 7.71. The summed E-state index contributed by atoms with van der Waals surface area (Å²) in [4.78, 5) is 14.5. The number of hydrogen-bond acceptors (Lipinski definition) is 2. The second-order valence-electron chi connectivity index (χ2n) is 9.86. The molecule has 4 heteroatoms. The van der Waals surface area contributed by atoms with Gasteiger partial charge in [0.1, 0.15) is 0 Å². The average molecular weight is 503 g/mol. The lowest BCUT2D eigenvalue weighted by Crippen LogP contribution is -2.32. The van der Waals surface area contributed by atoms with E-state index in [2.05, 4.69) is 102 Å². The fourth-order valence-electron chi connectivity index (χ4n) is 5.39. The summed E-state index contributed by atoms with van der Waals surface area (Å²) in [7, 11) is 0. The van der Waals surface area contributed by atoms with Crippen LogP contribution in [0.25, 0.3) is 22.0 Å². The van der Waals surface area contributed by atoms with Crippen LogP contribution >= 0.6 is 0 Å². The number of hydrogen-bond donors (Lipinski definition) is 1. The summed E-state index contributed by atoms with van der Waals surface area (Å²) in [6, 6.07) is 37.5. The molecule has 5 rings (SSSR count). The van der Waals surface area contributed by atoms with E-state index in [-0.39, 0.29) is 18.5 Å². The van der Waals surface area contributed by atoms with Crippen LogP contribution in [-0.2, 0) is 17.9 Å². The van der Waals surface area contributed by atoms with Crippen molar-refractivity contribution in [3.8, 4) is 11.1 Å². The van der Waals surface area contributed by atoms with Crippen molar-refractivity contribution in [2.45, 2.75) is 45.4 Å². The largest absolute Gasteiger partial charge is 0.481 e. The summed E-state index contributed by atoms with van der Waals surface area (Å²) in [5.74, 6) is -0.805. The highest BCUT2D eigenvalue weighted by Gasteiger charge is 2.28. The number of carbonyl (C=O) groups is 1. The molecule has 1 N–H and O–H groups in total. The Morgan fingerprint density at radius 1 is 0.816 bits per heavy atom. The Labute approximate surface area is 224 Å². The Balaban J connectivity index is 1.57. The van der Waals surface area contributed by atoms with Gasteiger partial charge in [0.25, 0.3) is 0 Å². The van der Waals surface area contributed by atoms with E-state index >= 15 is 0 Å². The van der Waals surface area contributed by atoms with Crippen molar-refractivity contribution < 1.29 is 9.90 Å². The van der Waals surface area contributed by atoms with E-state index in [0.29, 0.717) is 6.54 Å². The van der Waals surface area contributed by atoms with Gasteiger partial charge in [0.2, 0.25) is 0 Å². The molecule has 4 nitrogen and oxygen atoms in total. The third kappa shape index (κ3) is 5.56. The molecule has 38 heavy (non-hydrogen) atoms. The Bertz CT molecular complexity index is 1510. The summed E-state index contributed by atoms with van der Waals surface area (Å²) in [5, 5.41) is 11.2. The summed E-state index contributed by atoms with van der Waals surface area (Å²) < 4.78 is 2.25. The lowest BCUT2D eigenvalue weighted by Gasteiger charge is -2.37. The quantitative estimate of drug-likeness (QED) is 0.210. The summed E-state index contributed by atoms with van der Waals surface area (Å²) >= 11 is 0. The zero-order valence-electron chi connectivity index (χ0n) is 22.0. The highest BCUT2D eigenvalue weighted by atomic mass is 16.4. The van der Waals surface area contributed by atoms with Crippen molar-refractivity contribution in [3.05, 3.63) is 132 Å². The molecule has 0 bridgehead atoms. The van der Waals surface area contributed by atoms with Gasteiger partial charge in [-0.25, -0.2) is 0 Å². The second kappa shape index (κ2) is 11.5. The molecule has 5 aromatic rings. The van der Waals surface area contributed by atoms with Crippen molar-refractivity contribution in [1.29, 1.82) is 0 Å². The molecule has 0 spiro atoms. The van der Waals surface area contributed by atoms with Gasteiger partial charge in [-0.3, -0.25) is 9.69 Å². The Morgan fingerprint density at radius 3 is 2.21 bits per heavy atom. The molecule has 0 aliphatic heterocycles. The predicted molar refractivity (Wildman–Crippen MR) is 155 cm³/mol. The van der Waals surface area contributed by atoms with Crippen molar-refractivity contribution in [2.75, 3.05) is 0 Å². The molecule has 1 unspecified atom stereocenters. The van der Waals surface area contributed by atoms with Crippen LogP contribution in [0.2, 0.25) is 0 Å². The standard InChI is InChI=1S/C34H34N2O2/c1-3-35-20-19-28-17-18-30(22-32(28)35)29-15-10-16-31(21-29)33(23-34(37)38)36(24-26-11-6-4-7-12-26)25(2)27-13-8-5-9-14-27/h4-22,25,33H,3,23-24H2,1-2H3,(H,37,38)/t25-,33?/m1/s1. The van der Waals surface area contributed by atoms with Crippen LogP contribution in [-0.4, -0.2) is 20.5 Å². The maximum absolute atomic E-state index is 12.2. The van der Waals surface area contributed by atoms with Crippen molar-refractivity contribution in [2.24, 2.45) is 0 Å². The van der Waals surface area contributed by atoms with Crippen LogP contribution < -0.4 is 0 Å². The zero-order valence-corrected chi connectivity index (χ0v) is 22.0. The van der Waals surface area contributed by atoms with E-state index in [1.807, 2.05) is 36.4 Å². The molecule has 0 aliphatic carbocycles. The molecule has 0 radical (unpaired) electrons. The minimum Gasteiger partial charge on any atom is -0.481 e. The molecule has 0 fully saturated rings. The maximum Gasteiger partial charge on any atom is 0.305 e. The summed E-state index contributed by atoms with van der Waals surface area (Å²) in [6.45, 7) is 5.89. The molecule has 2 atom stereocenters. The van der Waals surface area contributed by atoms with Crippen LogP contribution in [0.3, 0.4) is 0 Å². The predicted octanol–water partition coefficient (Wildman–Crippen LogP) is 8.11. The third-order valence-electron chi connectivity index (χ3n) is 7.48. The van der Waals surface area contributed by atoms with E-state index in [0.717, 1.165) is 28.8 Å². The maximum atomic E-state index is 12.2. The van der Waals surface area contributed by atoms with Crippen LogP contribution in [0, 0.1) is 0 Å². The monoisotopic (exact) mass is 502 g/mol. The molecule has 0 saturated heterocycles. The fourth-order valence-corrected chi connectivity index (χ4v) is 5.39. The minimum absolute atomic E-state index is 0.0190. The van der Waals surface area contributed by atoms with E-state index in [4.69, 9.17) is 0 Å². The van der Waals surface area contributed by atoms with Crippen LogP contribution in [0.15, 0.2) is 115 Å². The molecule has 0 aliphatic rings. The first kappa shape index (κ1) is 25.5. The summed E-state index contributed by atoms with van der Waals surface area (Å²) in [5.41, 5.74) is 6.77. The third-order valence-corrected chi connectivity index (χ3v) is 7.48. The number of fused-ring (bicyclic) bond motifs is 1. The van der Waals surface area contributed by atoms with Crippen molar-refractivity contribution in [3.63, 3.8) is 0 Å². The molecule has 192 valence electrons. The first-order valence-electron chi connectivity index (χ1n) is 13.3. The molecule has 1 heterocycles. The molecular weight excluding hydrogens is 468 g/mol. The van der Waals surface area contributed by atoms with E-state index < -0.39 is 5.97 Å². The van der Waals surface area contributed by atoms with Gasteiger partial charge in [0.15, 0.2) is 0 Å². The first-order chi connectivity index (χ1) is 18.5. The van der Waals surface area contributed by atoms with Gasteiger partial charge in [-0.1, -0.05) is 91.0 Å². The SMILES string of the molecule is CCn1ccc2ccc(-c3cccc(C(CC(=O)O)N(Cc4ccccc4)[C@H](C)c4ccccc4)c3)cc21.